The molecule has 8 heteroatoms. The van der Waals surface area contributed by atoms with E-state index in [2.05, 4.69) is 58.6 Å². The molecule has 32 heavy (non-hydrogen) atoms. The molecule has 0 saturated heterocycles. The van der Waals surface area contributed by atoms with Crippen LogP contribution in [0.4, 0.5) is 0 Å². The van der Waals surface area contributed by atoms with Crippen LogP contribution < -0.4 is 5.32 Å². The first kappa shape index (κ1) is 22.7. The average molecular weight is 469 g/mol. The molecule has 168 valence electrons. The summed E-state index contributed by atoms with van der Waals surface area (Å²) in [4.78, 5) is 6.34. The molecular weight excluding hydrogens is 440 g/mol. The molecule has 0 amide bonds. The van der Waals surface area contributed by atoms with Crippen LogP contribution >= 0.6 is 11.3 Å². The molecule has 4 rings (SSSR count). The molecule has 1 N–H and O–H groups in total. The van der Waals surface area contributed by atoms with E-state index in [4.69, 9.17) is 4.98 Å². The van der Waals surface area contributed by atoms with Crippen LogP contribution in [-0.4, -0.2) is 36.4 Å². The van der Waals surface area contributed by atoms with Gasteiger partial charge in [0.05, 0.1) is 28.5 Å². The summed E-state index contributed by atoms with van der Waals surface area (Å²) in [6.07, 6.45) is 0.962. The monoisotopic (exact) mass is 468 g/mol. The number of nitrogens with one attached hydrogen (secondary N) is 1. The lowest BCUT2D eigenvalue weighted by molar-refractivity contribution is 0.521. The Balaban J connectivity index is 1.69. The zero-order valence-corrected chi connectivity index (χ0v) is 20.2. The van der Waals surface area contributed by atoms with Gasteiger partial charge in [-0.25, -0.2) is 17.7 Å². The van der Waals surface area contributed by atoms with Gasteiger partial charge >= 0.3 is 0 Å². The minimum absolute atomic E-state index is 0.0655. The molecule has 0 spiro atoms. The maximum Gasteiger partial charge on any atom is 0.242 e. The smallest absolute Gasteiger partial charge is 0.242 e. The summed E-state index contributed by atoms with van der Waals surface area (Å²) in [7, 11) is -0.425. The molecule has 0 aliphatic rings. The molecule has 0 radical (unpaired) electrons. The van der Waals surface area contributed by atoms with Crippen LogP contribution in [0, 0.1) is 0 Å². The van der Waals surface area contributed by atoms with Gasteiger partial charge in [-0.05, 0) is 41.6 Å². The molecular formula is C24H28N4O2S2. The quantitative estimate of drug-likeness (QED) is 0.389. The Morgan fingerprint density at radius 3 is 2.53 bits per heavy atom. The SMILES string of the molecule is CCCn1c(CNC(c2ccccc2)c2cccs2)nc2cc(S(=O)(=O)N(C)C)ccc21. The largest absolute Gasteiger partial charge is 0.327 e. The highest BCUT2D eigenvalue weighted by molar-refractivity contribution is 7.89. The van der Waals surface area contributed by atoms with Crippen molar-refractivity contribution in [1.82, 2.24) is 19.2 Å². The molecule has 0 bridgehead atoms. The Labute approximate surface area is 193 Å². The van der Waals surface area contributed by atoms with Gasteiger partial charge in [0.1, 0.15) is 5.82 Å². The van der Waals surface area contributed by atoms with E-state index in [1.807, 2.05) is 12.1 Å². The van der Waals surface area contributed by atoms with Crippen LogP contribution in [-0.2, 0) is 23.1 Å². The van der Waals surface area contributed by atoms with Gasteiger partial charge in [0, 0.05) is 25.5 Å². The number of thiophene rings is 1. The fourth-order valence-corrected chi connectivity index (χ4v) is 5.57. The summed E-state index contributed by atoms with van der Waals surface area (Å²) in [5, 5.41) is 5.77. The van der Waals surface area contributed by atoms with Crippen molar-refractivity contribution in [3.8, 4) is 0 Å². The number of imidazole rings is 1. The minimum atomic E-state index is -3.51. The Bertz CT molecular complexity index is 1280. The summed E-state index contributed by atoms with van der Waals surface area (Å²) in [5.41, 5.74) is 2.85. The third-order valence-corrected chi connectivity index (χ3v) is 8.20. The van der Waals surface area contributed by atoms with E-state index >= 15 is 0 Å². The molecule has 2 heterocycles. The van der Waals surface area contributed by atoms with Gasteiger partial charge in [-0.2, -0.15) is 0 Å². The fraction of sp³-hybridized carbons (Fsp3) is 0.292. The van der Waals surface area contributed by atoms with Gasteiger partial charge in [-0.3, -0.25) is 5.32 Å². The van der Waals surface area contributed by atoms with E-state index in [1.54, 1.807) is 37.6 Å². The molecule has 0 fully saturated rings. The number of aromatic nitrogens is 2. The van der Waals surface area contributed by atoms with Crippen molar-refractivity contribution in [2.45, 2.75) is 37.4 Å². The molecule has 2 aromatic carbocycles. The molecule has 2 aromatic heterocycles. The van der Waals surface area contributed by atoms with Crippen molar-refractivity contribution in [3.05, 3.63) is 82.3 Å². The number of hydrogen-bond acceptors (Lipinski definition) is 5. The maximum absolute atomic E-state index is 12.6. The lowest BCUT2D eigenvalue weighted by Gasteiger charge is -2.18. The summed E-state index contributed by atoms with van der Waals surface area (Å²) < 4.78 is 28.6. The van der Waals surface area contributed by atoms with Crippen LogP contribution in [0.5, 0.6) is 0 Å². The van der Waals surface area contributed by atoms with Crippen molar-refractivity contribution < 1.29 is 8.42 Å². The number of nitrogens with zero attached hydrogens (tertiary/aromatic N) is 3. The normalized spacial score (nSPS) is 13.1. The van der Waals surface area contributed by atoms with Crippen molar-refractivity contribution >= 4 is 32.4 Å². The first-order valence-electron chi connectivity index (χ1n) is 10.6. The predicted octanol–water partition coefficient (Wildman–Crippen LogP) is 4.64. The summed E-state index contributed by atoms with van der Waals surface area (Å²) in [5.74, 6) is 0.902. The van der Waals surface area contributed by atoms with Crippen LogP contribution in [0.2, 0.25) is 0 Å². The lowest BCUT2D eigenvalue weighted by Crippen LogP contribution is -2.23. The zero-order valence-electron chi connectivity index (χ0n) is 18.5. The number of aryl methyl sites for hydroxylation is 1. The number of hydrogen-bond donors (Lipinski definition) is 1. The van der Waals surface area contributed by atoms with Crippen molar-refractivity contribution in [3.63, 3.8) is 0 Å². The van der Waals surface area contributed by atoms with Crippen LogP contribution in [0.15, 0.2) is 70.9 Å². The number of rotatable bonds is 9. The molecule has 0 aliphatic carbocycles. The molecule has 6 nitrogen and oxygen atoms in total. The third kappa shape index (κ3) is 4.49. The second-order valence-electron chi connectivity index (χ2n) is 7.86. The average Bonchev–Trinajstić information content (AvgIpc) is 3.43. The van der Waals surface area contributed by atoms with Crippen molar-refractivity contribution in [2.24, 2.45) is 0 Å². The second-order valence-corrected chi connectivity index (χ2v) is 11.0. The lowest BCUT2D eigenvalue weighted by atomic mass is 10.1. The Morgan fingerprint density at radius 2 is 1.88 bits per heavy atom. The first-order chi connectivity index (χ1) is 15.4. The van der Waals surface area contributed by atoms with Crippen LogP contribution in [0.3, 0.4) is 0 Å². The van der Waals surface area contributed by atoms with Crippen molar-refractivity contribution in [2.75, 3.05) is 14.1 Å². The predicted molar refractivity (Wildman–Crippen MR) is 130 cm³/mol. The molecule has 1 atom stereocenters. The molecule has 0 saturated carbocycles. The van der Waals surface area contributed by atoms with E-state index < -0.39 is 10.0 Å². The fourth-order valence-electron chi connectivity index (χ4n) is 3.82. The summed E-state index contributed by atoms with van der Waals surface area (Å²) in [6, 6.07) is 19.9. The van der Waals surface area contributed by atoms with Gasteiger partial charge in [0.25, 0.3) is 0 Å². The second kappa shape index (κ2) is 9.54. The number of fused-ring (bicyclic) bond motifs is 1. The van der Waals surface area contributed by atoms with Crippen LogP contribution in [0.25, 0.3) is 11.0 Å². The summed E-state index contributed by atoms with van der Waals surface area (Å²) >= 11 is 1.73. The third-order valence-electron chi connectivity index (χ3n) is 5.45. The molecule has 0 aliphatic heterocycles. The first-order valence-corrected chi connectivity index (χ1v) is 13.0. The zero-order chi connectivity index (χ0) is 22.7. The van der Waals surface area contributed by atoms with Gasteiger partial charge in [-0.1, -0.05) is 43.3 Å². The summed E-state index contributed by atoms with van der Waals surface area (Å²) in [6.45, 7) is 3.52. The van der Waals surface area contributed by atoms with Crippen LogP contribution in [0.1, 0.15) is 35.7 Å². The highest BCUT2D eigenvalue weighted by Crippen LogP contribution is 2.27. The number of benzene rings is 2. The Kier molecular flexibility index (Phi) is 6.76. The Morgan fingerprint density at radius 1 is 1.09 bits per heavy atom. The van der Waals surface area contributed by atoms with E-state index in [0.29, 0.717) is 12.1 Å². The molecule has 1 unspecified atom stereocenters. The highest BCUT2D eigenvalue weighted by Gasteiger charge is 2.21. The molecule has 4 aromatic rings. The van der Waals surface area contributed by atoms with Gasteiger partial charge < -0.3 is 4.57 Å². The topological polar surface area (TPSA) is 67.2 Å². The van der Waals surface area contributed by atoms with Gasteiger partial charge in [-0.15, -0.1) is 11.3 Å². The maximum atomic E-state index is 12.6. The van der Waals surface area contributed by atoms with Crippen molar-refractivity contribution in [1.29, 1.82) is 0 Å². The standard InChI is InChI=1S/C24H28N4O2S2/c1-4-14-28-21-13-12-19(32(29,30)27(2)3)16-20(21)26-23(28)17-25-24(22-11-8-15-31-22)18-9-6-5-7-10-18/h5-13,15-16,24-25H,4,14,17H2,1-3H3. The minimum Gasteiger partial charge on any atom is -0.327 e. The van der Waals surface area contributed by atoms with Gasteiger partial charge in [0.15, 0.2) is 0 Å². The Hall–Kier alpha value is -2.52. The van der Waals surface area contributed by atoms with Gasteiger partial charge in [0.2, 0.25) is 10.0 Å². The van der Waals surface area contributed by atoms with E-state index in [9.17, 15) is 8.42 Å². The highest BCUT2D eigenvalue weighted by atomic mass is 32.2. The number of sulfonamides is 1. The van der Waals surface area contributed by atoms with E-state index in [1.165, 1.54) is 14.7 Å². The van der Waals surface area contributed by atoms with E-state index in [0.717, 1.165) is 24.3 Å². The van der Waals surface area contributed by atoms with E-state index in [-0.39, 0.29) is 10.9 Å².